The largest absolute Gasteiger partial charge is 0.465 e. The fourth-order valence-corrected chi connectivity index (χ4v) is 2.12. The molecule has 2 nitrogen and oxygen atoms in total. The van der Waals surface area contributed by atoms with Gasteiger partial charge in [-0.05, 0) is 17.7 Å². The highest BCUT2D eigenvalue weighted by Crippen LogP contribution is 2.27. The average molecular weight is 298 g/mol. The number of benzene rings is 1. The van der Waals surface area contributed by atoms with Gasteiger partial charge in [0.15, 0.2) is 0 Å². The second-order valence-corrected chi connectivity index (χ2v) is 3.92. The molecule has 0 N–H and O–H groups in total. The Morgan fingerprint density at radius 2 is 2.07 bits per heavy atom. The summed E-state index contributed by atoms with van der Waals surface area (Å²) in [6.45, 7) is 0. The van der Waals surface area contributed by atoms with E-state index in [0.717, 1.165) is 5.56 Å². The van der Waals surface area contributed by atoms with Gasteiger partial charge in [0, 0.05) is 10.4 Å². The summed E-state index contributed by atoms with van der Waals surface area (Å²) >= 11 is 15.0. The van der Waals surface area contributed by atoms with Gasteiger partial charge < -0.3 is 4.74 Å². The van der Waals surface area contributed by atoms with Crippen molar-refractivity contribution >= 4 is 45.1 Å². The van der Waals surface area contributed by atoms with Crippen LogP contribution in [0.5, 0.6) is 0 Å². The van der Waals surface area contributed by atoms with E-state index >= 15 is 0 Å². The van der Waals surface area contributed by atoms with Crippen molar-refractivity contribution in [1.29, 1.82) is 0 Å². The molecule has 0 bridgehead atoms. The number of carbonyl (C=O) groups excluding carboxylic acids is 1. The molecule has 1 aromatic carbocycles. The van der Waals surface area contributed by atoms with Crippen molar-refractivity contribution in [2.24, 2.45) is 0 Å². The summed E-state index contributed by atoms with van der Waals surface area (Å²) in [5, 5.41) is 1.39. The molecule has 0 atom stereocenters. The van der Waals surface area contributed by atoms with E-state index in [-0.39, 0.29) is 0 Å². The van der Waals surface area contributed by atoms with Crippen LogP contribution in [0.3, 0.4) is 0 Å². The van der Waals surface area contributed by atoms with Crippen molar-refractivity contribution in [1.82, 2.24) is 0 Å². The quantitative estimate of drug-likeness (QED) is 0.615. The molecular formula is C9H7BrCl2O2. The van der Waals surface area contributed by atoms with Crippen LogP contribution in [0.1, 0.15) is 15.9 Å². The molecule has 0 saturated carbocycles. The number of esters is 1. The van der Waals surface area contributed by atoms with E-state index in [1.54, 1.807) is 6.07 Å². The van der Waals surface area contributed by atoms with Gasteiger partial charge in [0.25, 0.3) is 0 Å². The number of carbonyl (C=O) groups is 1. The maximum atomic E-state index is 11.2. The molecule has 76 valence electrons. The fourth-order valence-electron chi connectivity index (χ4n) is 0.963. The standard InChI is InChI=1S/C9H7BrCl2O2/c1-14-9(13)6-2-5(4-10)7(11)3-8(6)12/h2-3H,4H2,1H3. The van der Waals surface area contributed by atoms with E-state index in [1.165, 1.54) is 13.2 Å². The van der Waals surface area contributed by atoms with Crippen molar-refractivity contribution in [3.63, 3.8) is 0 Å². The van der Waals surface area contributed by atoms with E-state index in [0.29, 0.717) is 20.9 Å². The Morgan fingerprint density at radius 3 is 2.57 bits per heavy atom. The first kappa shape index (κ1) is 11.8. The van der Waals surface area contributed by atoms with E-state index in [4.69, 9.17) is 23.2 Å². The third-order valence-corrected chi connectivity index (χ3v) is 2.95. The van der Waals surface area contributed by atoms with Crippen LogP contribution >= 0.6 is 39.1 Å². The van der Waals surface area contributed by atoms with Gasteiger partial charge >= 0.3 is 5.97 Å². The van der Waals surface area contributed by atoms with Crippen LogP contribution in [0.15, 0.2) is 12.1 Å². The first-order chi connectivity index (χ1) is 6.60. The third-order valence-electron chi connectivity index (χ3n) is 1.69. The van der Waals surface area contributed by atoms with Crippen molar-refractivity contribution in [3.05, 3.63) is 33.3 Å². The summed E-state index contributed by atoms with van der Waals surface area (Å²) < 4.78 is 4.57. The maximum absolute atomic E-state index is 11.2. The number of alkyl halides is 1. The fraction of sp³-hybridized carbons (Fsp3) is 0.222. The molecule has 1 aromatic rings. The van der Waals surface area contributed by atoms with Crippen LogP contribution in [0.4, 0.5) is 0 Å². The van der Waals surface area contributed by atoms with E-state index < -0.39 is 5.97 Å². The van der Waals surface area contributed by atoms with Crippen LogP contribution in [0.25, 0.3) is 0 Å². The number of methoxy groups -OCH3 is 1. The molecule has 0 amide bonds. The van der Waals surface area contributed by atoms with E-state index in [2.05, 4.69) is 20.7 Å². The first-order valence-corrected chi connectivity index (χ1v) is 5.60. The van der Waals surface area contributed by atoms with Crippen molar-refractivity contribution in [2.75, 3.05) is 7.11 Å². The highest BCUT2D eigenvalue weighted by Gasteiger charge is 2.13. The van der Waals surface area contributed by atoms with Crippen LogP contribution in [-0.4, -0.2) is 13.1 Å². The Hall–Kier alpha value is -0.250. The lowest BCUT2D eigenvalue weighted by molar-refractivity contribution is 0.0601. The highest BCUT2D eigenvalue weighted by atomic mass is 79.9. The van der Waals surface area contributed by atoms with Crippen LogP contribution in [0.2, 0.25) is 10.0 Å². The molecule has 0 spiro atoms. The van der Waals surface area contributed by atoms with Gasteiger partial charge in [0.05, 0.1) is 17.7 Å². The number of halogens is 3. The maximum Gasteiger partial charge on any atom is 0.339 e. The van der Waals surface area contributed by atoms with Gasteiger partial charge in [0.2, 0.25) is 0 Å². The Bertz CT molecular complexity index is 366. The molecule has 14 heavy (non-hydrogen) atoms. The van der Waals surface area contributed by atoms with Gasteiger partial charge in [-0.3, -0.25) is 0 Å². The van der Waals surface area contributed by atoms with Crippen LogP contribution < -0.4 is 0 Å². The topological polar surface area (TPSA) is 26.3 Å². The Balaban J connectivity index is 3.24. The number of ether oxygens (including phenoxy) is 1. The first-order valence-electron chi connectivity index (χ1n) is 3.72. The predicted molar refractivity (Wildman–Crippen MR) is 60.4 cm³/mol. The molecule has 0 aliphatic carbocycles. The number of hydrogen-bond acceptors (Lipinski definition) is 2. The molecule has 0 aromatic heterocycles. The highest BCUT2D eigenvalue weighted by molar-refractivity contribution is 9.08. The van der Waals surface area contributed by atoms with Gasteiger partial charge in [-0.2, -0.15) is 0 Å². The molecule has 0 saturated heterocycles. The summed E-state index contributed by atoms with van der Waals surface area (Å²) in [4.78, 5) is 11.2. The number of rotatable bonds is 2. The molecule has 0 aliphatic rings. The third kappa shape index (κ3) is 2.41. The Kier molecular flexibility index (Phi) is 4.23. The van der Waals surface area contributed by atoms with Gasteiger partial charge in [-0.25, -0.2) is 4.79 Å². The van der Waals surface area contributed by atoms with Crippen molar-refractivity contribution < 1.29 is 9.53 Å². The summed E-state index contributed by atoms with van der Waals surface area (Å²) in [6.07, 6.45) is 0. The van der Waals surface area contributed by atoms with Crippen molar-refractivity contribution in [3.8, 4) is 0 Å². The SMILES string of the molecule is COC(=O)c1cc(CBr)c(Cl)cc1Cl. The molecular weight excluding hydrogens is 291 g/mol. The molecule has 0 unspecified atom stereocenters. The molecule has 5 heteroatoms. The minimum absolute atomic E-state index is 0.298. The lowest BCUT2D eigenvalue weighted by Gasteiger charge is -2.06. The Labute approximate surface area is 100 Å². The lowest BCUT2D eigenvalue weighted by atomic mass is 10.1. The summed E-state index contributed by atoms with van der Waals surface area (Å²) in [5.74, 6) is -0.464. The predicted octanol–water partition coefficient (Wildman–Crippen LogP) is 3.67. The molecule has 0 aliphatic heterocycles. The zero-order valence-corrected chi connectivity index (χ0v) is 10.4. The minimum Gasteiger partial charge on any atom is -0.465 e. The molecule has 0 fully saturated rings. The number of hydrogen-bond donors (Lipinski definition) is 0. The van der Waals surface area contributed by atoms with Crippen LogP contribution in [0, 0.1) is 0 Å². The summed E-state index contributed by atoms with van der Waals surface area (Å²) in [5.41, 5.74) is 1.13. The lowest BCUT2D eigenvalue weighted by Crippen LogP contribution is -2.03. The van der Waals surface area contributed by atoms with E-state index in [1.807, 2.05) is 0 Å². The van der Waals surface area contributed by atoms with Gasteiger partial charge in [-0.1, -0.05) is 39.1 Å². The smallest absolute Gasteiger partial charge is 0.339 e. The minimum atomic E-state index is -0.464. The zero-order valence-electron chi connectivity index (χ0n) is 7.31. The van der Waals surface area contributed by atoms with E-state index in [9.17, 15) is 4.79 Å². The van der Waals surface area contributed by atoms with Gasteiger partial charge in [0.1, 0.15) is 0 Å². The summed E-state index contributed by atoms with van der Waals surface area (Å²) in [6, 6.07) is 3.15. The Morgan fingerprint density at radius 1 is 1.43 bits per heavy atom. The normalized spacial score (nSPS) is 10.0. The molecule has 0 radical (unpaired) electrons. The second-order valence-electron chi connectivity index (χ2n) is 2.55. The zero-order chi connectivity index (χ0) is 10.7. The monoisotopic (exact) mass is 296 g/mol. The average Bonchev–Trinajstić information content (AvgIpc) is 2.17. The van der Waals surface area contributed by atoms with Gasteiger partial charge in [-0.15, -0.1) is 0 Å². The summed E-state index contributed by atoms with van der Waals surface area (Å²) in [7, 11) is 1.31. The second kappa shape index (κ2) is 5.01. The van der Waals surface area contributed by atoms with Crippen molar-refractivity contribution in [2.45, 2.75) is 5.33 Å². The molecule has 1 rings (SSSR count). The molecule has 0 heterocycles. The van der Waals surface area contributed by atoms with Crippen LogP contribution in [-0.2, 0) is 10.1 Å².